The third-order valence-corrected chi connectivity index (χ3v) is 4.67. The number of benzene rings is 1. The van der Waals surface area contributed by atoms with E-state index in [1.807, 2.05) is 6.07 Å². The van der Waals surface area contributed by atoms with E-state index in [0.717, 1.165) is 17.3 Å². The molecule has 0 unspecified atom stereocenters. The lowest BCUT2D eigenvalue weighted by molar-refractivity contribution is -0.389. The quantitative estimate of drug-likeness (QED) is 0.492. The summed E-state index contributed by atoms with van der Waals surface area (Å²) in [5.74, 6) is -0.927. The number of aryl methyl sites for hydroxylation is 1. The molecule has 1 aromatic carbocycles. The first-order valence-electron chi connectivity index (χ1n) is 7.75. The molecule has 0 radical (unpaired) electrons. The smallest absolute Gasteiger partial charge is 0.343 e. The van der Waals surface area contributed by atoms with Crippen LogP contribution >= 0.6 is 23.2 Å². The van der Waals surface area contributed by atoms with E-state index in [2.05, 4.69) is 20.6 Å². The summed E-state index contributed by atoms with van der Waals surface area (Å²) < 4.78 is 1.72. The molecule has 0 spiro atoms. The maximum Gasteiger partial charge on any atom is 0.343 e. The molecule has 11 heteroatoms. The fourth-order valence-corrected chi connectivity index (χ4v) is 2.86. The van der Waals surface area contributed by atoms with Crippen molar-refractivity contribution in [2.24, 2.45) is 0 Å². The number of rotatable bonds is 5. The number of nitrogens with zero attached hydrogens (tertiary/aromatic N) is 4. The van der Waals surface area contributed by atoms with Crippen LogP contribution < -0.4 is 5.32 Å². The number of amides is 1. The highest BCUT2D eigenvalue weighted by molar-refractivity contribution is 6.42. The predicted molar refractivity (Wildman–Crippen MR) is 100 cm³/mol. The van der Waals surface area contributed by atoms with Crippen molar-refractivity contribution in [2.45, 2.75) is 20.4 Å². The van der Waals surface area contributed by atoms with E-state index in [-0.39, 0.29) is 11.5 Å². The van der Waals surface area contributed by atoms with Crippen LogP contribution in [0.15, 0.2) is 24.3 Å². The van der Waals surface area contributed by atoms with Crippen molar-refractivity contribution in [3.8, 4) is 0 Å². The lowest BCUT2D eigenvalue weighted by Crippen LogP contribution is -2.14. The van der Waals surface area contributed by atoms with E-state index in [0.29, 0.717) is 28.0 Å². The van der Waals surface area contributed by atoms with Gasteiger partial charge in [-0.1, -0.05) is 34.4 Å². The summed E-state index contributed by atoms with van der Waals surface area (Å²) in [6, 6.07) is 6.37. The summed E-state index contributed by atoms with van der Waals surface area (Å²) in [6.45, 7) is 3.99. The largest absolute Gasteiger partial charge is 0.358 e. The van der Waals surface area contributed by atoms with E-state index < -0.39 is 10.8 Å². The molecule has 0 saturated carbocycles. The molecule has 0 atom stereocenters. The van der Waals surface area contributed by atoms with Gasteiger partial charge in [0.1, 0.15) is 0 Å². The van der Waals surface area contributed by atoms with Crippen molar-refractivity contribution < 1.29 is 9.72 Å². The minimum absolute atomic E-state index is 0.0854. The monoisotopic (exact) mass is 408 g/mol. The van der Waals surface area contributed by atoms with Crippen LogP contribution in [0.4, 0.5) is 11.5 Å². The van der Waals surface area contributed by atoms with E-state index in [4.69, 9.17) is 23.2 Å². The Morgan fingerprint density at radius 2 is 2.04 bits per heavy atom. The third kappa shape index (κ3) is 3.93. The van der Waals surface area contributed by atoms with E-state index >= 15 is 0 Å². The van der Waals surface area contributed by atoms with Gasteiger partial charge in [-0.25, -0.2) is 0 Å². The molecular weight excluding hydrogens is 395 g/mol. The Hall–Kier alpha value is -2.91. The first kappa shape index (κ1) is 18.9. The van der Waals surface area contributed by atoms with Crippen molar-refractivity contribution in [1.82, 2.24) is 20.0 Å². The summed E-state index contributed by atoms with van der Waals surface area (Å²) in [6.07, 6.45) is 0. The second-order valence-corrected chi connectivity index (χ2v) is 6.62. The lowest BCUT2D eigenvalue weighted by atomic mass is 10.2. The van der Waals surface area contributed by atoms with Gasteiger partial charge in [-0.3, -0.25) is 9.48 Å². The van der Waals surface area contributed by atoms with Crippen LogP contribution in [0.3, 0.4) is 0 Å². The number of nitro groups is 1. The minimum Gasteiger partial charge on any atom is -0.358 e. The van der Waals surface area contributed by atoms with E-state index in [1.54, 1.807) is 30.7 Å². The summed E-state index contributed by atoms with van der Waals surface area (Å²) in [5, 5.41) is 24.6. The summed E-state index contributed by atoms with van der Waals surface area (Å²) in [7, 11) is 0. The Morgan fingerprint density at radius 1 is 1.30 bits per heavy atom. The number of aromatic nitrogens is 4. The fraction of sp³-hybridized carbons (Fsp3) is 0.188. The first-order valence-corrected chi connectivity index (χ1v) is 8.51. The van der Waals surface area contributed by atoms with Crippen molar-refractivity contribution in [2.75, 3.05) is 5.32 Å². The van der Waals surface area contributed by atoms with Gasteiger partial charge in [-0.2, -0.15) is 5.10 Å². The molecule has 0 aliphatic heterocycles. The van der Waals surface area contributed by atoms with Gasteiger partial charge in [0.25, 0.3) is 5.91 Å². The standard InChI is InChI=1S/C16H14Cl2N6O3/c1-8-15(19-16(25)13-6-14(21-20-13)24(26)27)9(2)23(22-8)7-10-3-4-11(17)12(18)5-10/h3-6H,7H2,1-2H3,(H,19,25)(H,20,21). The summed E-state index contributed by atoms with van der Waals surface area (Å²) >= 11 is 12.0. The highest BCUT2D eigenvalue weighted by atomic mass is 35.5. The maximum absolute atomic E-state index is 12.3. The topological polar surface area (TPSA) is 119 Å². The van der Waals surface area contributed by atoms with Gasteiger partial charge in [-0.05, 0) is 36.5 Å². The number of aromatic amines is 1. The fourth-order valence-electron chi connectivity index (χ4n) is 2.54. The molecule has 0 saturated heterocycles. The van der Waals surface area contributed by atoms with E-state index in [9.17, 15) is 14.9 Å². The molecule has 2 aromatic heterocycles. The zero-order valence-electron chi connectivity index (χ0n) is 14.3. The van der Waals surface area contributed by atoms with Gasteiger partial charge >= 0.3 is 5.82 Å². The average Bonchev–Trinajstić information content (AvgIpc) is 3.20. The molecule has 0 aliphatic rings. The second kappa shape index (κ2) is 7.37. The van der Waals surface area contributed by atoms with Crippen LogP contribution in [-0.2, 0) is 6.54 Å². The number of carbonyl (C=O) groups excluding carboxylic acids is 1. The number of halogens is 2. The highest BCUT2D eigenvalue weighted by Gasteiger charge is 2.20. The number of anilines is 1. The minimum atomic E-state index is -0.657. The van der Waals surface area contributed by atoms with Gasteiger partial charge < -0.3 is 15.4 Å². The zero-order valence-corrected chi connectivity index (χ0v) is 15.8. The Kier molecular flexibility index (Phi) is 5.15. The van der Waals surface area contributed by atoms with Gasteiger partial charge in [0.2, 0.25) is 0 Å². The van der Waals surface area contributed by atoms with E-state index in [1.165, 1.54) is 0 Å². The number of H-pyrrole nitrogens is 1. The number of hydrogen-bond acceptors (Lipinski definition) is 5. The Bertz CT molecular complexity index is 1040. The Labute approximate surface area is 163 Å². The van der Waals surface area contributed by atoms with Crippen LogP contribution in [0.25, 0.3) is 0 Å². The molecule has 9 nitrogen and oxygen atoms in total. The molecule has 2 N–H and O–H groups in total. The summed E-state index contributed by atoms with van der Waals surface area (Å²) in [5.41, 5.74) is 2.65. The van der Waals surface area contributed by atoms with Crippen molar-refractivity contribution in [1.29, 1.82) is 0 Å². The van der Waals surface area contributed by atoms with Crippen LogP contribution in [-0.4, -0.2) is 30.8 Å². The first-order chi connectivity index (χ1) is 12.8. The van der Waals surface area contributed by atoms with Crippen LogP contribution in [0.1, 0.15) is 27.4 Å². The Balaban J connectivity index is 1.81. The average molecular weight is 409 g/mol. The molecular formula is C16H14Cl2N6O3. The number of nitrogens with one attached hydrogen (secondary N) is 2. The molecule has 3 aromatic rings. The molecule has 140 valence electrons. The normalized spacial score (nSPS) is 10.8. The lowest BCUT2D eigenvalue weighted by Gasteiger charge is -2.07. The van der Waals surface area contributed by atoms with Crippen LogP contribution in [0.2, 0.25) is 10.0 Å². The molecule has 0 fully saturated rings. The molecule has 2 heterocycles. The molecule has 1 amide bonds. The van der Waals surface area contributed by atoms with Gasteiger partial charge in [0.15, 0.2) is 5.69 Å². The maximum atomic E-state index is 12.3. The van der Waals surface area contributed by atoms with Crippen LogP contribution in [0.5, 0.6) is 0 Å². The molecule has 0 aliphatic carbocycles. The predicted octanol–water partition coefficient (Wildman–Crippen LogP) is 3.74. The number of hydrogen-bond donors (Lipinski definition) is 2. The third-order valence-electron chi connectivity index (χ3n) is 3.93. The summed E-state index contributed by atoms with van der Waals surface area (Å²) in [4.78, 5) is 22.4. The molecule has 0 bridgehead atoms. The van der Waals surface area contributed by atoms with Crippen LogP contribution in [0, 0.1) is 24.0 Å². The van der Waals surface area contributed by atoms with Crippen molar-refractivity contribution in [3.63, 3.8) is 0 Å². The van der Waals surface area contributed by atoms with Crippen molar-refractivity contribution >= 4 is 40.6 Å². The van der Waals surface area contributed by atoms with Gasteiger partial charge in [0, 0.05) is 0 Å². The Morgan fingerprint density at radius 3 is 2.67 bits per heavy atom. The molecule has 27 heavy (non-hydrogen) atoms. The zero-order chi connectivity index (χ0) is 19.7. The SMILES string of the molecule is Cc1nn(Cc2ccc(Cl)c(Cl)c2)c(C)c1NC(=O)c1cc([N+](=O)[O-])[nH]n1. The molecule has 3 rings (SSSR count). The highest BCUT2D eigenvalue weighted by Crippen LogP contribution is 2.25. The van der Waals surface area contributed by atoms with Gasteiger partial charge in [-0.15, -0.1) is 5.10 Å². The number of carbonyl (C=O) groups is 1. The van der Waals surface area contributed by atoms with Crippen molar-refractivity contribution in [3.05, 3.63) is 67.1 Å². The van der Waals surface area contributed by atoms with Gasteiger partial charge in [0.05, 0.1) is 39.7 Å². The second-order valence-electron chi connectivity index (χ2n) is 5.80.